The molecule has 0 saturated carbocycles. The van der Waals surface area contributed by atoms with Crippen molar-refractivity contribution >= 4 is 27.3 Å². The predicted molar refractivity (Wildman–Crippen MR) is 75.8 cm³/mol. The van der Waals surface area contributed by atoms with Crippen LogP contribution in [0.3, 0.4) is 0 Å². The van der Waals surface area contributed by atoms with Crippen molar-refractivity contribution in [3.05, 3.63) is 52.8 Å². The lowest BCUT2D eigenvalue weighted by atomic mass is 10.2. The largest absolute Gasteiger partial charge is 0.340 e. The molecular formula is C14H15BrN2. The first kappa shape index (κ1) is 12.1. The van der Waals surface area contributed by atoms with Crippen LogP contribution in [-0.2, 0) is 0 Å². The maximum Gasteiger partial charge on any atom is 0.0608 e. The van der Waals surface area contributed by atoms with Gasteiger partial charge in [0.25, 0.3) is 0 Å². The van der Waals surface area contributed by atoms with Crippen LogP contribution >= 0.6 is 15.9 Å². The highest BCUT2D eigenvalue weighted by atomic mass is 79.9. The van der Waals surface area contributed by atoms with Crippen LogP contribution in [0.25, 0.3) is 0 Å². The molecule has 0 N–H and O–H groups in total. The predicted octanol–water partition coefficient (Wildman–Crippen LogP) is 4.31. The van der Waals surface area contributed by atoms with Gasteiger partial charge in [-0.1, -0.05) is 12.1 Å². The Labute approximate surface area is 110 Å². The highest BCUT2D eigenvalue weighted by Gasteiger charge is 2.07. The van der Waals surface area contributed by atoms with Crippen LogP contribution < -0.4 is 4.90 Å². The summed E-state index contributed by atoms with van der Waals surface area (Å²) >= 11 is 3.46. The van der Waals surface area contributed by atoms with Crippen molar-refractivity contribution in [2.45, 2.75) is 13.8 Å². The Bertz CT molecular complexity index is 466. The Kier molecular flexibility index (Phi) is 3.79. The van der Waals surface area contributed by atoms with E-state index in [-0.39, 0.29) is 0 Å². The minimum atomic E-state index is 0.918. The summed E-state index contributed by atoms with van der Waals surface area (Å²) in [5.74, 6) is 0. The van der Waals surface area contributed by atoms with Gasteiger partial charge in [0.1, 0.15) is 0 Å². The molecule has 0 fully saturated rings. The molecule has 0 bridgehead atoms. The zero-order valence-electron chi connectivity index (χ0n) is 10.0. The molecule has 3 heteroatoms. The van der Waals surface area contributed by atoms with E-state index >= 15 is 0 Å². The standard InChI is InChI=1S/C14H15BrN2/c1-3-17(13-6-4-5-11(2)7-13)14-8-12(15)9-16-10-14/h4-10H,3H2,1-2H3. The lowest BCUT2D eigenvalue weighted by Crippen LogP contribution is -2.16. The molecule has 1 aromatic heterocycles. The van der Waals surface area contributed by atoms with Gasteiger partial charge in [-0.2, -0.15) is 0 Å². The van der Waals surface area contributed by atoms with Crippen molar-refractivity contribution in [2.75, 3.05) is 11.4 Å². The number of aryl methyl sites for hydroxylation is 1. The monoisotopic (exact) mass is 290 g/mol. The van der Waals surface area contributed by atoms with Gasteiger partial charge in [0.2, 0.25) is 0 Å². The number of pyridine rings is 1. The summed E-state index contributed by atoms with van der Waals surface area (Å²) in [5, 5.41) is 0. The van der Waals surface area contributed by atoms with Crippen LogP contribution in [0.1, 0.15) is 12.5 Å². The first-order valence-electron chi connectivity index (χ1n) is 5.65. The normalized spacial score (nSPS) is 10.3. The summed E-state index contributed by atoms with van der Waals surface area (Å²) in [5.41, 5.74) is 3.57. The van der Waals surface area contributed by atoms with Crippen LogP contribution in [0.5, 0.6) is 0 Å². The molecule has 0 saturated heterocycles. The van der Waals surface area contributed by atoms with Gasteiger partial charge >= 0.3 is 0 Å². The number of anilines is 2. The summed E-state index contributed by atoms with van der Waals surface area (Å²) in [6.07, 6.45) is 3.68. The van der Waals surface area contributed by atoms with E-state index in [0.717, 1.165) is 16.7 Å². The second-order valence-electron chi connectivity index (χ2n) is 3.94. The molecule has 0 radical (unpaired) electrons. The van der Waals surface area contributed by atoms with E-state index in [9.17, 15) is 0 Å². The maximum atomic E-state index is 4.21. The number of rotatable bonds is 3. The minimum absolute atomic E-state index is 0.918. The van der Waals surface area contributed by atoms with Gasteiger partial charge in [0, 0.05) is 22.9 Å². The van der Waals surface area contributed by atoms with E-state index in [1.54, 1.807) is 6.20 Å². The average Bonchev–Trinajstić information content (AvgIpc) is 2.30. The first-order valence-corrected chi connectivity index (χ1v) is 6.44. The smallest absolute Gasteiger partial charge is 0.0608 e. The van der Waals surface area contributed by atoms with Gasteiger partial charge in [-0.15, -0.1) is 0 Å². The summed E-state index contributed by atoms with van der Waals surface area (Å²) in [6.45, 7) is 5.17. The second-order valence-corrected chi connectivity index (χ2v) is 4.86. The fraction of sp³-hybridized carbons (Fsp3) is 0.214. The zero-order chi connectivity index (χ0) is 12.3. The fourth-order valence-electron chi connectivity index (χ4n) is 1.86. The third-order valence-electron chi connectivity index (χ3n) is 2.63. The second kappa shape index (κ2) is 5.32. The van der Waals surface area contributed by atoms with Crippen molar-refractivity contribution in [3.8, 4) is 0 Å². The molecule has 2 nitrogen and oxygen atoms in total. The van der Waals surface area contributed by atoms with Crippen molar-refractivity contribution < 1.29 is 0 Å². The molecule has 0 aliphatic carbocycles. The first-order chi connectivity index (χ1) is 8.20. The van der Waals surface area contributed by atoms with Gasteiger partial charge in [-0.25, -0.2) is 0 Å². The molecule has 0 spiro atoms. The van der Waals surface area contributed by atoms with Crippen LogP contribution in [0.2, 0.25) is 0 Å². The van der Waals surface area contributed by atoms with Gasteiger partial charge in [-0.3, -0.25) is 4.98 Å². The Morgan fingerprint density at radius 1 is 1.18 bits per heavy atom. The molecule has 1 aromatic carbocycles. The van der Waals surface area contributed by atoms with Crippen LogP contribution in [-0.4, -0.2) is 11.5 Å². The van der Waals surface area contributed by atoms with E-state index in [1.165, 1.54) is 11.3 Å². The fourth-order valence-corrected chi connectivity index (χ4v) is 2.21. The Morgan fingerprint density at radius 3 is 2.65 bits per heavy atom. The van der Waals surface area contributed by atoms with Crippen molar-refractivity contribution in [1.29, 1.82) is 0 Å². The quantitative estimate of drug-likeness (QED) is 0.837. The number of hydrogen-bond acceptors (Lipinski definition) is 2. The third-order valence-corrected chi connectivity index (χ3v) is 3.07. The number of benzene rings is 1. The van der Waals surface area contributed by atoms with E-state index in [0.29, 0.717) is 0 Å². The van der Waals surface area contributed by atoms with E-state index in [4.69, 9.17) is 0 Å². The van der Waals surface area contributed by atoms with Crippen molar-refractivity contribution in [1.82, 2.24) is 4.98 Å². The van der Waals surface area contributed by atoms with Gasteiger partial charge in [0.05, 0.1) is 11.9 Å². The third kappa shape index (κ3) is 2.86. The minimum Gasteiger partial charge on any atom is -0.340 e. The van der Waals surface area contributed by atoms with Gasteiger partial charge in [-0.05, 0) is 53.5 Å². The Hall–Kier alpha value is -1.35. The van der Waals surface area contributed by atoms with Crippen LogP contribution in [0.4, 0.5) is 11.4 Å². The molecule has 2 aromatic rings. The molecule has 2 rings (SSSR count). The van der Waals surface area contributed by atoms with Crippen LogP contribution in [0.15, 0.2) is 47.2 Å². The van der Waals surface area contributed by atoms with Crippen molar-refractivity contribution in [2.24, 2.45) is 0 Å². The molecule has 0 amide bonds. The molecule has 0 aliphatic heterocycles. The lowest BCUT2D eigenvalue weighted by Gasteiger charge is -2.23. The molecule has 17 heavy (non-hydrogen) atoms. The Balaban J connectivity index is 2.40. The number of nitrogens with zero attached hydrogens (tertiary/aromatic N) is 2. The zero-order valence-corrected chi connectivity index (χ0v) is 11.6. The number of hydrogen-bond donors (Lipinski definition) is 0. The SMILES string of the molecule is CCN(c1cccc(C)c1)c1cncc(Br)c1. The van der Waals surface area contributed by atoms with Crippen LogP contribution in [0, 0.1) is 6.92 Å². The van der Waals surface area contributed by atoms with E-state index < -0.39 is 0 Å². The molecule has 0 atom stereocenters. The van der Waals surface area contributed by atoms with E-state index in [1.807, 2.05) is 6.20 Å². The molecular weight excluding hydrogens is 276 g/mol. The van der Waals surface area contributed by atoms with Crippen molar-refractivity contribution in [3.63, 3.8) is 0 Å². The molecule has 88 valence electrons. The summed E-state index contributed by atoms with van der Waals surface area (Å²) < 4.78 is 1.00. The Morgan fingerprint density at radius 2 is 2.00 bits per heavy atom. The summed E-state index contributed by atoms with van der Waals surface area (Å²) in [6, 6.07) is 10.6. The lowest BCUT2D eigenvalue weighted by molar-refractivity contribution is 1.01. The summed E-state index contributed by atoms with van der Waals surface area (Å²) in [4.78, 5) is 6.45. The van der Waals surface area contributed by atoms with E-state index in [2.05, 4.69) is 70.0 Å². The molecule has 0 aliphatic rings. The topological polar surface area (TPSA) is 16.1 Å². The molecule has 0 unspecified atom stereocenters. The maximum absolute atomic E-state index is 4.21. The average molecular weight is 291 g/mol. The number of aromatic nitrogens is 1. The van der Waals surface area contributed by atoms with Gasteiger partial charge in [0.15, 0.2) is 0 Å². The molecule has 1 heterocycles. The highest BCUT2D eigenvalue weighted by Crippen LogP contribution is 2.26. The summed E-state index contributed by atoms with van der Waals surface area (Å²) in [7, 11) is 0. The number of halogens is 1. The highest BCUT2D eigenvalue weighted by molar-refractivity contribution is 9.10. The van der Waals surface area contributed by atoms with Gasteiger partial charge < -0.3 is 4.90 Å².